The molecule has 0 aliphatic rings. The Morgan fingerprint density at radius 1 is 1.38 bits per heavy atom. The number of nitrogens with zero attached hydrogens (tertiary/aromatic N) is 2. The van der Waals surface area contributed by atoms with Crippen molar-refractivity contribution >= 4 is 27.3 Å². The van der Waals surface area contributed by atoms with Gasteiger partial charge in [0, 0.05) is 5.56 Å². The third kappa shape index (κ3) is 2.01. The van der Waals surface area contributed by atoms with Gasteiger partial charge < -0.3 is 0 Å². The average Bonchev–Trinajstić information content (AvgIpc) is 2.63. The van der Waals surface area contributed by atoms with Gasteiger partial charge in [-0.15, -0.1) is 11.3 Å². The van der Waals surface area contributed by atoms with Crippen LogP contribution in [0, 0.1) is 25.2 Å². The number of aryl methyl sites for hydroxylation is 2. The van der Waals surface area contributed by atoms with Gasteiger partial charge in [0.1, 0.15) is 14.9 Å². The van der Waals surface area contributed by atoms with E-state index >= 15 is 0 Å². The van der Waals surface area contributed by atoms with Gasteiger partial charge in [-0.05, 0) is 41.4 Å². The zero-order valence-corrected chi connectivity index (χ0v) is 11.3. The molecule has 0 aliphatic heterocycles. The molecule has 0 N–H and O–H groups in total. The molecule has 1 aromatic carbocycles. The smallest absolute Gasteiger partial charge is 0.166 e. The number of hydrogen-bond acceptors (Lipinski definition) is 3. The van der Waals surface area contributed by atoms with E-state index in [1.165, 1.54) is 22.5 Å². The van der Waals surface area contributed by atoms with E-state index < -0.39 is 0 Å². The molecule has 0 bridgehead atoms. The fourth-order valence-electron chi connectivity index (χ4n) is 1.45. The number of nitriles is 1. The summed E-state index contributed by atoms with van der Waals surface area (Å²) in [4.78, 5) is 4.31. The standard InChI is InChI=1S/C12H9BrN2S/c1-7-3-4-8(2)9(5-7)12-15-10(6-14)11(13)16-12/h3-5H,1-2H3. The summed E-state index contributed by atoms with van der Waals surface area (Å²) in [5.41, 5.74) is 3.94. The third-order valence-electron chi connectivity index (χ3n) is 2.32. The highest BCUT2D eigenvalue weighted by Crippen LogP contribution is 2.33. The first-order valence-electron chi connectivity index (χ1n) is 4.76. The van der Waals surface area contributed by atoms with E-state index in [1.54, 1.807) is 0 Å². The second-order valence-corrected chi connectivity index (χ2v) is 5.89. The minimum Gasteiger partial charge on any atom is -0.224 e. The van der Waals surface area contributed by atoms with Crippen LogP contribution in [0.25, 0.3) is 10.6 Å². The number of benzene rings is 1. The molecule has 2 rings (SSSR count). The van der Waals surface area contributed by atoms with Crippen molar-refractivity contribution in [2.24, 2.45) is 0 Å². The van der Waals surface area contributed by atoms with Gasteiger partial charge in [-0.3, -0.25) is 0 Å². The lowest BCUT2D eigenvalue weighted by molar-refractivity contribution is 1.30. The van der Waals surface area contributed by atoms with Gasteiger partial charge in [-0.2, -0.15) is 5.26 Å². The molecule has 0 fully saturated rings. The van der Waals surface area contributed by atoms with Crippen LogP contribution in [-0.4, -0.2) is 4.98 Å². The fourth-order valence-corrected chi connectivity index (χ4v) is 2.91. The lowest BCUT2D eigenvalue weighted by Crippen LogP contribution is -1.84. The molecule has 0 spiro atoms. The van der Waals surface area contributed by atoms with Crippen LogP contribution < -0.4 is 0 Å². The van der Waals surface area contributed by atoms with E-state index in [1.807, 2.05) is 0 Å². The van der Waals surface area contributed by atoms with Crippen molar-refractivity contribution in [3.8, 4) is 16.6 Å². The van der Waals surface area contributed by atoms with Crippen LogP contribution in [0.15, 0.2) is 22.0 Å². The van der Waals surface area contributed by atoms with E-state index in [0.29, 0.717) is 5.69 Å². The van der Waals surface area contributed by atoms with Gasteiger partial charge in [-0.1, -0.05) is 17.7 Å². The van der Waals surface area contributed by atoms with Crippen molar-refractivity contribution in [1.82, 2.24) is 4.98 Å². The van der Waals surface area contributed by atoms with Crippen LogP contribution in [0.4, 0.5) is 0 Å². The summed E-state index contributed by atoms with van der Waals surface area (Å²) in [6.45, 7) is 4.10. The molecule has 16 heavy (non-hydrogen) atoms. The molecule has 80 valence electrons. The molecule has 0 saturated heterocycles. The number of halogens is 1. The van der Waals surface area contributed by atoms with E-state index in [4.69, 9.17) is 5.26 Å². The minimum atomic E-state index is 0.459. The topological polar surface area (TPSA) is 36.7 Å². The van der Waals surface area contributed by atoms with Crippen molar-refractivity contribution < 1.29 is 0 Å². The Hall–Kier alpha value is -1.18. The Balaban J connectivity index is 2.59. The molecule has 0 amide bonds. The third-order valence-corrected chi connectivity index (χ3v) is 4.05. The largest absolute Gasteiger partial charge is 0.224 e. The Bertz CT molecular complexity index is 581. The van der Waals surface area contributed by atoms with Crippen molar-refractivity contribution in [2.45, 2.75) is 13.8 Å². The van der Waals surface area contributed by atoms with Gasteiger partial charge in [0.15, 0.2) is 5.69 Å². The molecule has 0 radical (unpaired) electrons. The first-order valence-corrected chi connectivity index (χ1v) is 6.37. The average molecular weight is 293 g/mol. The highest BCUT2D eigenvalue weighted by molar-refractivity contribution is 9.11. The highest BCUT2D eigenvalue weighted by Gasteiger charge is 2.11. The number of hydrogen-bond donors (Lipinski definition) is 0. The van der Waals surface area contributed by atoms with E-state index in [9.17, 15) is 0 Å². The second kappa shape index (κ2) is 4.36. The van der Waals surface area contributed by atoms with Crippen LogP contribution >= 0.6 is 27.3 Å². The van der Waals surface area contributed by atoms with Crippen molar-refractivity contribution in [3.05, 3.63) is 38.8 Å². The first kappa shape index (κ1) is 11.3. The van der Waals surface area contributed by atoms with E-state index in [0.717, 1.165) is 14.4 Å². The summed E-state index contributed by atoms with van der Waals surface area (Å²) in [5.74, 6) is 0. The van der Waals surface area contributed by atoms with Gasteiger partial charge >= 0.3 is 0 Å². The molecule has 1 aromatic heterocycles. The maximum Gasteiger partial charge on any atom is 0.166 e. The van der Waals surface area contributed by atoms with Crippen LogP contribution in [0.1, 0.15) is 16.8 Å². The van der Waals surface area contributed by atoms with Crippen LogP contribution in [0.2, 0.25) is 0 Å². The summed E-state index contributed by atoms with van der Waals surface area (Å²) < 4.78 is 0.797. The molecule has 4 heteroatoms. The predicted molar refractivity (Wildman–Crippen MR) is 69.4 cm³/mol. The lowest BCUT2D eigenvalue weighted by atomic mass is 10.1. The summed E-state index contributed by atoms with van der Waals surface area (Å²) in [6, 6.07) is 8.32. The Kier molecular flexibility index (Phi) is 3.08. The van der Waals surface area contributed by atoms with E-state index in [-0.39, 0.29) is 0 Å². The minimum absolute atomic E-state index is 0.459. The van der Waals surface area contributed by atoms with Crippen LogP contribution in [0.3, 0.4) is 0 Å². The maximum atomic E-state index is 8.87. The summed E-state index contributed by atoms with van der Waals surface area (Å²) >= 11 is 4.85. The van der Waals surface area contributed by atoms with Gasteiger partial charge in [-0.25, -0.2) is 4.98 Å². The summed E-state index contributed by atoms with van der Waals surface area (Å²) in [6.07, 6.45) is 0. The van der Waals surface area contributed by atoms with Gasteiger partial charge in [0.05, 0.1) is 0 Å². The van der Waals surface area contributed by atoms with Crippen molar-refractivity contribution in [3.63, 3.8) is 0 Å². The van der Waals surface area contributed by atoms with E-state index in [2.05, 4.69) is 59.0 Å². The summed E-state index contributed by atoms with van der Waals surface area (Å²) in [7, 11) is 0. The zero-order valence-electron chi connectivity index (χ0n) is 8.91. The van der Waals surface area contributed by atoms with Crippen molar-refractivity contribution in [2.75, 3.05) is 0 Å². The number of aromatic nitrogens is 1. The quantitative estimate of drug-likeness (QED) is 0.795. The first-order chi connectivity index (χ1) is 7.61. The zero-order chi connectivity index (χ0) is 11.7. The van der Waals surface area contributed by atoms with Crippen LogP contribution in [-0.2, 0) is 0 Å². The maximum absolute atomic E-state index is 8.87. The summed E-state index contributed by atoms with van der Waals surface area (Å²) in [5, 5.41) is 9.76. The molecule has 0 aliphatic carbocycles. The molecule has 0 atom stereocenters. The number of rotatable bonds is 1. The SMILES string of the molecule is Cc1ccc(C)c(-c2nc(C#N)c(Br)s2)c1. The number of thiazole rings is 1. The Morgan fingerprint density at radius 3 is 2.75 bits per heavy atom. The predicted octanol–water partition coefficient (Wildman–Crippen LogP) is 4.06. The van der Waals surface area contributed by atoms with Gasteiger partial charge in [0.2, 0.25) is 0 Å². The molecule has 2 nitrogen and oxygen atoms in total. The van der Waals surface area contributed by atoms with Gasteiger partial charge in [0.25, 0.3) is 0 Å². The van der Waals surface area contributed by atoms with Crippen LogP contribution in [0.5, 0.6) is 0 Å². The molecule has 2 aromatic rings. The monoisotopic (exact) mass is 292 g/mol. The molecule has 0 unspecified atom stereocenters. The molecular weight excluding hydrogens is 284 g/mol. The highest BCUT2D eigenvalue weighted by atomic mass is 79.9. The second-order valence-electron chi connectivity index (χ2n) is 3.57. The normalized spacial score (nSPS) is 10.1. The molecule has 1 heterocycles. The fraction of sp³-hybridized carbons (Fsp3) is 0.167. The Labute approximate surface area is 107 Å². The Morgan fingerprint density at radius 2 is 2.12 bits per heavy atom. The molecular formula is C12H9BrN2S. The molecule has 0 saturated carbocycles. The lowest BCUT2D eigenvalue weighted by Gasteiger charge is -2.02. The van der Waals surface area contributed by atoms with Crippen molar-refractivity contribution in [1.29, 1.82) is 5.26 Å².